The van der Waals surface area contributed by atoms with Crippen LogP contribution in [0.15, 0.2) is 47.0 Å². The van der Waals surface area contributed by atoms with Crippen LogP contribution < -0.4 is 5.32 Å². The molecule has 2 N–H and O–H groups in total. The number of furan rings is 1. The van der Waals surface area contributed by atoms with Gasteiger partial charge in [-0.25, -0.2) is 4.79 Å². The summed E-state index contributed by atoms with van der Waals surface area (Å²) in [6.45, 7) is 2.44. The molecule has 106 valence electrons. The third-order valence-corrected chi connectivity index (χ3v) is 3.30. The van der Waals surface area contributed by atoms with Crippen molar-refractivity contribution in [3.05, 3.63) is 59.7 Å². The van der Waals surface area contributed by atoms with Crippen LogP contribution in [0.3, 0.4) is 0 Å². The van der Waals surface area contributed by atoms with Gasteiger partial charge in [0.1, 0.15) is 5.76 Å². The van der Waals surface area contributed by atoms with Crippen molar-refractivity contribution in [3.63, 3.8) is 0 Å². The lowest BCUT2D eigenvalue weighted by molar-refractivity contribution is 0.0660. The van der Waals surface area contributed by atoms with Gasteiger partial charge in [-0.2, -0.15) is 0 Å². The number of aromatic carboxylic acids is 1. The van der Waals surface area contributed by atoms with Crippen molar-refractivity contribution >= 4 is 22.6 Å². The summed E-state index contributed by atoms with van der Waals surface area (Å²) >= 11 is 0. The van der Waals surface area contributed by atoms with E-state index in [1.165, 1.54) is 6.07 Å². The van der Waals surface area contributed by atoms with Gasteiger partial charge in [-0.15, -0.1) is 0 Å². The van der Waals surface area contributed by atoms with E-state index in [2.05, 4.69) is 10.3 Å². The maximum atomic E-state index is 10.8. The molecule has 0 aliphatic heterocycles. The minimum atomic E-state index is -1.06. The second kappa shape index (κ2) is 5.28. The van der Waals surface area contributed by atoms with Crippen molar-refractivity contribution in [2.75, 3.05) is 5.32 Å². The lowest BCUT2D eigenvalue weighted by atomic mass is 10.1. The van der Waals surface area contributed by atoms with Gasteiger partial charge in [0.25, 0.3) is 0 Å². The maximum absolute atomic E-state index is 10.8. The molecule has 0 spiro atoms. The summed E-state index contributed by atoms with van der Waals surface area (Å²) in [6, 6.07) is 11.0. The average Bonchev–Trinajstić information content (AvgIpc) is 2.96. The maximum Gasteiger partial charge on any atom is 0.371 e. The lowest BCUT2D eigenvalue weighted by Crippen LogP contribution is -2.00. The monoisotopic (exact) mass is 282 g/mol. The number of benzene rings is 1. The molecule has 1 aromatic carbocycles. The van der Waals surface area contributed by atoms with Gasteiger partial charge in [-0.05, 0) is 42.8 Å². The normalized spacial score (nSPS) is 10.7. The van der Waals surface area contributed by atoms with Crippen molar-refractivity contribution in [2.45, 2.75) is 13.5 Å². The predicted molar refractivity (Wildman–Crippen MR) is 79.5 cm³/mol. The van der Waals surface area contributed by atoms with E-state index in [0.29, 0.717) is 12.3 Å². The van der Waals surface area contributed by atoms with Crippen molar-refractivity contribution < 1.29 is 14.3 Å². The van der Waals surface area contributed by atoms with Gasteiger partial charge in [-0.3, -0.25) is 4.98 Å². The zero-order valence-electron chi connectivity index (χ0n) is 11.5. The van der Waals surface area contributed by atoms with Gasteiger partial charge in [0.05, 0.1) is 12.1 Å². The van der Waals surface area contributed by atoms with E-state index in [1.807, 2.05) is 31.2 Å². The topological polar surface area (TPSA) is 75.4 Å². The number of anilines is 1. The zero-order chi connectivity index (χ0) is 14.8. The summed E-state index contributed by atoms with van der Waals surface area (Å²) in [5, 5.41) is 13.1. The summed E-state index contributed by atoms with van der Waals surface area (Å²) in [5.41, 5.74) is 3.01. The van der Waals surface area contributed by atoms with E-state index < -0.39 is 5.97 Å². The second-order valence-electron chi connectivity index (χ2n) is 4.75. The number of hydrogen-bond acceptors (Lipinski definition) is 4. The van der Waals surface area contributed by atoms with Crippen molar-refractivity contribution in [3.8, 4) is 0 Å². The SMILES string of the molecule is Cc1ccc(NCc2ccc(C(=O)O)o2)c2cccnc12. The fourth-order valence-electron chi connectivity index (χ4n) is 2.24. The van der Waals surface area contributed by atoms with Crippen LogP contribution in [0.1, 0.15) is 21.9 Å². The van der Waals surface area contributed by atoms with E-state index in [9.17, 15) is 4.79 Å². The second-order valence-corrected chi connectivity index (χ2v) is 4.75. The highest BCUT2D eigenvalue weighted by molar-refractivity contribution is 5.93. The van der Waals surface area contributed by atoms with Gasteiger partial charge in [-0.1, -0.05) is 6.07 Å². The molecule has 0 unspecified atom stereocenters. The summed E-state index contributed by atoms with van der Waals surface area (Å²) in [5.74, 6) is -0.543. The Morgan fingerprint density at radius 1 is 1.29 bits per heavy atom. The first kappa shape index (κ1) is 13.2. The van der Waals surface area contributed by atoms with Gasteiger partial charge in [0, 0.05) is 17.3 Å². The largest absolute Gasteiger partial charge is 0.475 e. The average molecular weight is 282 g/mol. The molecule has 3 aromatic rings. The molecule has 0 amide bonds. The van der Waals surface area contributed by atoms with Crippen LogP contribution in [0.4, 0.5) is 5.69 Å². The predicted octanol–water partition coefficient (Wildman–Crippen LogP) is 3.45. The van der Waals surface area contributed by atoms with Crippen LogP contribution in [0.2, 0.25) is 0 Å². The first-order chi connectivity index (χ1) is 10.1. The van der Waals surface area contributed by atoms with Gasteiger partial charge < -0.3 is 14.8 Å². The molecule has 5 nitrogen and oxygen atoms in total. The zero-order valence-corrected chi connectivity index (χ0v) is 11.5. The summed E-state index contributed by atoms with van der Waals surface area (Å²) in [7, 11) is 0. The highest BCUT2D eigenvalue weighted by Crippen LogP contribution is 2.25. The highest BCUT2D eigenvalue weighted by atomic mass is 16.4. The van der Waals surface area contributed by atoms with E-state index in [4.69, 9.17) is 9.52 Å². The standard InChI is InChI=1S/C16H14N2O3/c1-10-4-6-13(12-3-2-8-17-15(10)12)18-9-11-5-7-14(21-11)16(19)20/h2-8,18H,9H2,1H3,(H,19,20). The quantitative estimate of drug-likeness (QED) is 0.766. The van der Waals surface area contributed by atoms with E-state index in [1.54, 1.807) is 12.3 Å². The summed E-state index contributed by atoms with van der Waals surface area (Å²) in [6.07, 6.45) is 1.77. The highest BCUT2D eigenvalue weighted by Gasteiger charge is 2.09. The van der Waals surface area contributed by atoms with Crippen LogP contribution in [0, 0.1) is 6.92 Å². The Kier molecular flexibility index (Phi) is 3.31. The van der Waals surface area contributed by atoms with E-state index in [0.717, 1.165) is 22.2 Å². The Labute approximate surface area is 121 Å². The van der Waals surface area contributed by atoms with Crippen LogP contribution >= 0.6 is 0 Å². The van der Waals surface area contributed by atoms with Gasteiger partial charge in [0.2, 0.25) is 5.76 Å². The Morgan fingerprint density at radius 2 is 2.14 bits per heavy atom. The van der Waals surface area contributed by atoms with E-state index in [-0.39, 0.29) is 5.76 Å². The van der Waals surface area contributed by atoms with E-state index >= 15 is 0 Å². The first-order valence-electron chi connectivity index (χ1n) is 6.55. The van der Waals surface area contributed by atoms with Crippen molar-refractivity contribution in [1.82, 2.24) is 4.98 Å². The molecular formula is C16H14N2O3. The van der Waals surface area contributed by atoms with Crippen LogP contribution in [0.25, 0.3) is 10.9 Å². The number of carbonyl (C=O) groups is 1. The number of nitrogens with one attached hydrogen (secondary N) is 1. The molecular weight excluding hydrogens is 268 g/mol. The molecule has 0 aliphatic rings. The number of pyridine rings is 1. The minimum Gasteiger partial charge on any atom is -0.475 e. The summed E-state index contributed by atoms with van der Waals surface area (Å²) in [4.78, 5) is 15.2. The van der Waals surface area contributed by atoms with Crippen molar-refractivity contribution in [2.24, 2.45) is 0 Å². The van der Waals surface area contributed by atoms with Gasteiger partial charge in [0.15, 0.2) is 0 Å². The molecule has 0 saturated carbocycles. The number of carboxylic acids is 1. The third kappa shape index (κ3) is 2.58. The molecule has 2 heterocycles. The molecule has 3 rings (SSSR count). The number of carboxylic acid groups (broad SMARTS) is 1. The molecule has 0 atom stereocenters. The minimum absolute atomic E-state index is 0.0535. The fourth-order valence-corrected chi connectivity index (χ4v) is 2.24. The van der Waals surface area contributed by atoms with Crippen LogP contribution in [-0.2, 0) is 6.54 Å². The number of rotatable bonds is 4. The van der Waals surface area contributed by atoms with Crippen LogP contribution in [-0.4, -0.2) is 16.1 Å². The molecule has 21 heavy (non-hydrogen) atoms. The molecule has 2 aromatic heterocycles. The molecule has 0 fully saturated rings. The molecule has 0 saturated heterocycles. The van der Waals surface area contributed by atoms with Crippen LogP contribution in [0.5, 0.6) is 0 Å². The first-order valence-corrected chi connectivity index (χ1v) is 6.55. The Bertz CT molecular complexity index is 808. The Morgan fingerprint density at radius 3 is 2.90 bits per heavy atom. The third-order valence-electron chi connectivity index (χ3n) is 3.30. The Hall–Kier alpha value is -2.82. The summed E-state index contributed by atoms with van der Waals surface area (Å²) < 4.78 is 5.22. The number of hydrogen-bond donors (Lipinski definition) is 2. The molecule has 5 heteroatoms. The Balaban J connectivity index is 1.85. The molecule has 0 bridgehead atoms. The number of nitrogens with zero attached hydrogens (tertiary/aromatic N) is 1. The smallest absolute Gasteiger partial charge is 0.371 e. The lowest BCUT2D eigenvalue weighted by Gasteiger charge is -2.09. The molecule has 0 radical (unpaired) electrons. The molecule has 0 aliphatic carbocycles. The number of aryl methyl sites for hydroxylation is 1. The number of aromatic nitrogens is 1. The van der Waals surface area contributed by atoms with Crippen molar-refractivity contribution in [1.29, 1.82) is 0 Å². The fraction of sp³-hybridized carbons (Fsp3) is 0.125. The van der Waals surface area contributed by atoms with Gasteiger partial charge >= 0.3 is 5.97 Å². The number of fused-ring (bicyclic) bond motifs is 1.